The summed E-state index contributed by atoms with van der Waals surface area (Å²) in [4.78, 5) is 46.4. The van der Waals surface area contributed by atoms with Crippen molar-refractivity contribution in [3.8, 4) is 5.69 Å². The summed E-state index contributed by atoms with van der Waals surface area (Å²) in [6.07, 6.45) is 0.376. The molecule has 4 rings (SSSR count). The van der Waals surface area contributed by atoms with Crippen molar-refractivity contribution in [3.63, 3.8) is 0 Å². The van der Waals surface area contributed by atoms with Gasteiger partial charge in [-0.25, -0.2) is 4.79 Å². The summed E-state index contributed by atoms with van der Waals surface area (Å²) in [7, 11) is 0. The van der Waals surface area contributed by atoms with Crippen LogP contribution in [-0.2, 0) is 16.0 Å². The first-order chi connectivity index (χ1) is 16.8. The summed E-state index contributed by atoms with van der Waals surface area (Å²) in [5.41, 5.74) is 1.98. The Morgan fingerprint density at radius 3 is 2.77 bits per heavy atom. The molecule has 12 nitrogen and oxygen atoms in total. The van der Waals surface area contributed by atoms with E-state index in [4.69, 9.17) is 0 Å². The van der Waals surface area contributed by atoms with Crippen molar-refractivity contribution in [2.75, 3.05) is 11.1 Å². The molecular formula is C22H21N7O5S. The number of benzene rings is 2. The number of aryl methyl sites for hydroxylation is 1. The van der Waals surface area contributed by atoms with E-state index in [2.05, 4.69) is 26.1 Å². The molecular weight excluding hydrogens is 474 g/mol. The van der Waals surface area contributed by atoms with Crippen LogP contribution in [0, 0.1) is 17.0 Å². The van der Waals surface area contributed by atoms with Gasteiger partial charge in [0.25, 0.3) is 5.69 Å². The van der Waals surface area contributed by atoms with Gasteiger partial charge in [0.1, 0.15) is 5.82 Å². The highest BCUT2D eigenvalue weighted by Gasteiger charge is 2.27. The summed E-state index contributed by atoms with van der Waals surface area (Å²) in [6.45, 7) is 1.94. The minimum atomic E-state index is -0.555. The number of nitro benzene ring substituents is 1. The maximum atomic E-state index is 12.5. The number of hydrogen-bond acceptors (Lipinski definition) is 8. The van der Waals surface area contributed by atoms with Gasteiger partial charge in [0, 0.05) is 42.4 Å². The Labute approximate surface area is 203 Å². The number of urea groups is 1. The van der Waals surface area contributed by atoms with Gasteiger partial charge >= 0.3 is 6.03 Å². The average molecular weight is 496 g/mol. The van der Waals surface area contributed by atoms with E-state index < -0.39 is 17.0 Å². The van der Waals surface area contributed by atoms with Crippen LogP contribution in [0.2, 0.25) is 0 Å². The molecule has 1 aromatic heterocycles. The fourth-order valence-corrected chi connectivity index (χ4v) is 4.37. The monoisotopic (exact) mass is 495 g/mol. The lowest BCUT2D eigenvalue weighted by atomic mass is 10.1. The molecule has 0 bridgehead atoms. The minimum Gasteiger partial charge on any atom is -0.334 e. The topological polar surface area (TPSA) is 161 Å². The molecule has 0 spiro atoms. The third-order valence-electron chi connectivity index (χ3n) is 5.08. The molecule has 3 N–H and O–H groups in total. The highest BCUT2D eigenvalue weighted by atomic mass is 32.2. The zero-order valence-corrected chi connectivity index (χ0v) is 19.4. The number of nitrogens with one attached hydrogen (secondary N) is 3. The second kappa shape index (κ2) is 10.3. The highest BCUT2D eigenvalue weighted by Crippen LogP contribution is 2.25. The molecule has 35 heavy (non-hydrogen) atoms. The number of aromatic nitrogens is 3. The Morgan fingerprint density at radius 2 is 2.03 bits per heavy atom. The maximum Gasteiger partial charge on any atom is 0.321 e. The lowest BCUT2D eigenvalue weighted by molar-refractivity contribution is -0.384. The smallest absolute Gasteiger partial charge is 0.321 e. The second-order valence-electron chi connectivity index (χ2n) is 7.84. The molecule has 2 heterocycles. The molecule has 4 amide bonds. The Bertz CT molecular complexity index is 1290. The van der Waals surface area contributed by atoms with Crippen molar-refractivity contribution < 1.29 is 19.3 Å². The van der Waals surface area contributed by atoms with Crippen molar-refractivity contribution in [1.82, 2.24) is 25.4 Å². The number of hydrogen-bond donors (Lipinski definition) is 3. The molecule has 3 aromatic rings. The Kier molecular flexibility index (Phi) is 7.06. The van der Waals surface area contributed by atoms with E-state index >= 15 is 0 Å². The van der Waals surface area contributed by atoms with Gasteiger partial charge in [0.2, 0.25) is 11.8 Å². The number of imide groups is 1. The highest BCUT2D eigenvalue weighted by molar-refractivity contribution is 7.99. The van der Waals surface area contributed by atoms with Crippen LogP contribution in [0.4, 0.5) is 16.2 Å². The van der Waals surface area contributed by atoms with Crippen LogP contribution in [0.1, 0.15) is 17.8 Å². The fraction of sp³-hybridized carbons (Fsp3) is 0.227. The van der Waals surface area contributed by atoms with Gasteiger partial charge in [-0.1, -0.05) is 30.0 Å². The first-order valence-electron chi connectivity index (χ1n) is 10.6. The maximum absolute atomic E-state index is 12.5. The zero-order chi connectivity index (χ0) is 24.9. The number of anilines is 1. The average Bonchev–Trinajstić information content (AvgIpc) is 3.19. The third-order valence-corrected chi connectivity index (χ3v) is 6.01. The molecule has 0 radical (unpaired) electrons. The van der Waals surface area contributed by atoms with Crippen LogP contribution in [0.5, 0.6) is 0 Å². The fourth-order valence-electron chi connectivity index (χ4n) is 3.59. The van der Waals surface area contributed by atoms with Gasteiger partial charge in [0.15, 0.2) is 5.16 Å². The number of carbonyl (C=O) groups is 3. The number of nitrogens with zero attached hydrogens (tertiary/aromatic N) is 4. The van der Waals surface area contributed by atoms with E-state index in [9.17, 15) is 24.5 Å². The number of non-ortho nitro benzene ring substituents is 1. The Hall–Kier alpha value is -4.26. The van der Waals surface area contributed by atoms with Gasteiger partial charge in [-0.15, -0.1) is 10.2 Å². The van der Waals surface area contributed by atoms with Crippen LogP contribution in [-0.4, -0.2) is 49.3 Å². The number of amides is 4. The summed E-state index contributed by atoms with van der Waals surface area (Å²) < 4.78 is 1.79. The molecule has 13 heteroatoms. The number of rotatable bonds is 8. The van der Waals surface area contributed by atoms with Gasteiger partial charge in [-0.3, -0.25) is 29.6 Å². The number of thioether (sulfide) groups is 1. The molecule has 1 unspecified atom stereocenters. The molecule has 1 aliphatic heterocycles. The second-order valence-corrected chi connectivity index (χ2v) is 8.79. The van der Waals surface area contributed by atoms with E-state index in [1.165, 1.54) is 18.2 Å². The minimum absolute atomic E-state index is 0.0186. The molecule has 1 aliphatic rings. The zero-order valence-electron chi connectivity index (χ0n) is 18.6. The quantitative estimate of drug-likeness (QED) is 0.244. The summed E-state index contributed by atoms with van der Waals surface area (Å²) in [5.74, 6) is -0.230. The normalized spacial score (nSPS) is 15.3. The number of nitro groups is 1. The molecule has 1 atom stereocenters. The van der Waals surface area contributed by atoms with E-state index in [0.29, 0.717) is 16.7 Å². The predicted octanol–water partition coefficient (Wildman–Crippen LogP) is 2.36. The van der Waals surface area contributed by atoms with E-state index in [1.807, 2.05) is 31.2 Å². The van der Waals surface area contributed by atoms with Crippen LogP contribution in [0.25, 0.3) is 5.69 Å². The first kappa shape index (κ1) is 23.9. The van der Waals surface area contributed by atoms with Crippen molar-refractivity contribution in [3.05, 3.63) is 70.0 Å². The molecule has 0 saturated carbocycles. The lowest BCUT2D eigenvalue weighted by Crippen LogP contribution is -2.53. The lowest BCUT2D eigenvalue weighted by Gasteiger charge is -2.23. The van der Waals surface area contributed by atoms with Crippen molar-refractivity contribution >= 4 is 41.0 Å². The summed E-state index contributed by atoms with van der Waals surface area (Å²) in [5, 5.41) is 27.5. The molecule has 180 valence electrons. The van der Waals surface area contributed by atoms with E-state index in [0.717, 1.165) is 23.0 Å². The van der Waals surface area contributed by atoms with Crippen LogP contribution in [0.3, 0.4) is 0 Å². The molecule has 0 aliphatic carbocycles. The van der Waals surface area contributed by atoms with Gasteiger partial charge < -0.3 is 10.6 Å². The largest absolute Gasteiger partial charge is 0.334 e. The van der Waals surface area contributed by atoms with Crippen molar-refractivity contribution in [2.45, 2.75) is 31.0 Å². The van der Waals surface area contributed by atoms with E-state index in [-0.39, 0.29) is 36.1 Å². The number of carbonyl (C=O) groups excluding carboxylic acids is 3. The SMILES string of the molecule is Cc1cccc(-n2c(CC3CC(=O)NC(=O)N3)nnc2SCC(=O)Nc2cccc([N+](=O)[O-])c2)c1. The predicted molar refractivity (Wildman–Crippen MR) is 127 cm³/mol. The van der Waals surface area contributed by atoms with Gasteiger partial charge in [-0.05, 0) is 30.7 Å². The third kappa shape index (κ3) is 6.00. The van der Waals surface area contributed by atoms with Gasteiger partial charge in [0.05, 0.1) is 10.7 Å². The van der Waals surface area contributed by atoms with E-state index in [1.54, 1.807) is 10.6 Å². The van der Waals surface area contributed by atoms with Crippen LogP contribution < -0.4 is 16.0 Å². The summed E-state index contributed by atoms with van der Waals surface area (Å²) in [6, 6.07) is 12.3. The standard InChI is InChI=1S/C22H21N7O5S/c1-13-4-2-6-16(8-13)28-18(10-15-11-19(30)25-21(32)24-15)26-27-22(28)35-12-20(31)23-14-5-3-7-17(9-14)29(33)34/h2-9,15H,10-12H2,1H3,(H,23,31)(H2,24,25,30,32). The van der Waals surface area contributed by atoms with Crippen LogP contribution in [0.15, 0.2) is 53.7 Å². The van der Waals surface area contributed by atoms with Crippen LogP contribution >= 0.6 is 11.8 Å². The Balaban J connectivity index is 1.52. The Morgan fingerprint density at radius 1 is 1.23 bits per heavy atom. The molecule has 1 fully saturated rings. The molecule has 2 aromatic carbocycles. The van der Waals surface area contributed by atoms with Crippen molar-refractivity contribution in [1.29, 1.82) is 0 Å². The first-order valence-corrected chi connectivity index (χ1v) is 11.6. The summed E-state index contributed by atoms with van der Waals surface area (Å²) >= 11 is 1.15. The molecule has 1 saturated heterocycles. The van der Waals surface area contributed by atoms with Gasteiger partial charge in [-0.2, -0.15) is 0 Å². The van der Waals surface area contributed by atoms with Crippen molar-refractivity contribution in [2.24, 2.45) is 0 Å².